The minimum Gasteiger partial charge on any atom is -0.462 e. The zero-order valence-corrected chi connectivity index (χ0v) is 11.5. The van der Waals surface area contributed by atoms with Crippen LogP contribution in [-0.2, 0) is 14.3 Å². The molecule has 3 aliphatic rings. The van der Waals surface area contributed by atoms with Crippen LogP contribution >= 0.6 is 11.6 Å². The van der Waals surface area contributed by atoms with Gasteiger partial charge in [0.25, 0.3) is 0 Å². The predicted molar refractivity (Wildman–Crippen MR) is 73.2 cm³/mol. The molecule has 2 saturated carbocycles. The van der Waals surface area contributed by atoms with Gasteiger partial charge in [0, 0.05) is 16.6 Å². The van der Waals surface area contributed by atoms with E-state index >= 15 is 0 Å². The lowest BCUT2D eigenvalue weighted by atomic mass is 9.79. The first kappa shape index (κ1) is 12.2. The van der Waals surface area contributed by atoms with Gasteiger partial charge < -0.3 is 10.1 Å². The van der Waals surface area contributed by atoms with Gasteiger partial charge in [-0.25, -0.2) is 0 Å². The Bertz CT molecular complexity index is 583. The molecule has 1 amide bonds. The van der Waals surface area contributed by atoms with E-state index in [9.17, 15) is 9.59 Å². The Kier molecular flexibility index (Phi) is 2.58. The quantitative estimate of drug-likeness (QED) is 0.852. The molecule has 1 aromatic rings. The van der Waals surface area contributed by atoms with E-state index in [1.807, 2.05) is 0 Å². The van der Waals surface area contributed by atoms with Crippen LogP contribution in [0.2, 0.25) is 5.02 Å². The van der Waals surface area contributed by atoms with Crippen LogP contribution in [0.3, 0.4) is 0 Å². The lowest BCUT2D eigenvalue weighted by Gasteiger charge is -2.23. The smallest absolute Gasteiger partial charge is 0.310 e. The van der Waals surface area contributed by atoms with Gasteiger partial charge in [-0.2, -0.15) is 0 Å². The summed E-state index contributed by atoms with van der Waals surface area (Å²) in [5.74, 6) is -0.173. The Morgan fingerprint density at radius 1 is 1.25 bits per heavy atom. The van der Waals surface area contributed by atoms with Gasteiger partial charge in [0.05, 0.1) is 11.8 Å². The molecule has 0 aromatic heterocycles. The minimum atomic E-state index is -0.234. The standard InChI is InChI=1S/C15H14ClNO3/c16-8-1-3-9(4-2-8)17-14(18)12-7-5-10-11(6-7)20-15(19)13(10)12/h1-4,7,10-13H,5-6H2,(H,17,18). The number of amides is 1. The Morgan fingerprint density at radius 3 is 2.75 bits per heavy atom. The van der Waals surface area contributed by atoms with Crippen molar-refractivity contribution in [2.24, 2.45) is 23.7 Å². The molecule has 20 heavy (non-hydrogen) atoms. The Morgan fingerprint density at radius 2 is 2.00 bits per heavy atom. The molecule has 4 nitrogen and oxygen atoms in total. The van der Waals surface area contributed by atoms with E-state index in [1.165, 1.54) is 0 Å². The summed E-state index contributed by atoms with van der Waals surface area (Å²) in [6.07, 6.45) is 1.85. The lowest BCUT2D eigenvalue weighted by Crippen LogP contribution is -2.35. The normalized spacial score (nSPS) is 37.0. The van der Waals surface area contributed by atoms with Crippen molar-refractivity contribution in [2.75, 3.05) is 5.32 Å². The van der Waals surface area contributed by atoms with Crippen molar-refractivity contribution in [2.45, 2.75) is 18.9 Å². The van der Waals surface area contributed by atoms with E-state index in [2.05, 4.69) is 5.32 Å². The van der Waals surface area contributed by atoms with Gasteiger partial charge in [-0.1, -0.05) is 11.6 Å². The molecule has 3 fully saturated rings. The number of benzene rings is 1. The Balaban J connectivity index is 1.54. The number of hydrogen-bond acceptors (Lipinski definition) is 3. The van der Waals surface area contributed by atoms with Crippen molar-refractivity contribution in [3.63, 3.8) is 0 Å². The molecule has 4 rings (SSSR count). The van der Waals surface area contributed by atoms with Gasteiger partial charge in [0.2, 0.25) is 5.91 Å². The fourth-order valence-electron chi connectivity index (χ4n) is 4.12. The van der Waals surface area contributed by atoms with Gasteiger partial charge in [-0.3, -0.25) is 9.59 Å². The largest absolute Gasteiger partial charge is 0.462 e. The predicted octanol–water partition coefficient (Wildman–Crippen LogP) is 2.48. The van der Waals surface area contributed by atoms with E-state index in [0.717, 1.165) is 12.8 Å². The van der Waals surface area contributed by atoms with Gasteiger partial charge in [0.1, 0.15) is 6.10 Å². The van der Waals surface area contributed by atoms with Gasteiger partial charge in [-0.05, 0) is 43.0 Å². The molecule has 1 N–H and O–H groups in total. The van der Waals surface area contributed by atoms with Crippen molar-refractivity contribution in [1.82, 2.24) is 0 Å². The third-order valence-corrected chi connectivity index (χ3v) is 5.15. The summed E-state index contributed by atoms with van der Waals surface area (Å²) in [4.78, 5) is 24.4. The van der Waals surface area contributed by atoms with E-state index in [4.69, 9.17) is 16.3 Å². The number of hydrogen-bond donors (Lipinski definition) is 1. The molecule has 1 heterocycles. The maximum absolute atomic E-state index is 12.5. The molecule has 2 bridgehead atoms. The maximum Gasteiger partial charge on any atom is 0.310 e. The van der Waals surface area contributed by atoms with Crippen LogP contribution in [0.5, 0.6) is 0 Å². The monoisotopic (exact) mass is 291 g/mol. The summed E-state index contributed by atoms with van der Waals surface area (Å²) in [6.45, 7) is 0. The SMILES string of the molecule is O=C(Nc1ccc(Cl)cc1)C1C2CC3OC(=O)C1C3C2. The molecule has 1 saturated heterocycles. The highest BCUT2D eigenvalue weighted by atomic mass is 35.5. The van der Waals surface area contributed by atoms with Crippen molar-refractivity contribution < 1.29 is 14.3 Å². The van der Waals surface area contributed by atoms with Crippen LogP contribution in [0.1, 0.15) is 12.8 Å². The number of halogens is 1. The fourth-order valence-corrected chi connectivity index (χ4v) is 4.25. The molecule has 5 atom stereocenters. The first-order valence-electron chi connectivity index (χ1n) is 6.90. The molecule has 5 unspecified atom stereocenters. The number of rotatable bonds is 2. The number of carbonyl (C=O) groups is 2. The summed E-state index contributed by atoms with van der Waals surface area (Å²) >= 11 is 5.82. The van der Waals surface area contributed by atoms with E-state index < -0.39 is 0 Å². The van der Waals surface area contributed by atoms with E-state index in [-0.39, 0.29) is 41.7 Å². The van der Waals surface area contributed by atoms with Crippen molar-refractivity contribution in [3.8, 4) is 0 Å². The molecule has 2 aliphatic carbocycles. The zero-order chi connectivity index (χ0) is 13.9. The Labute approximate surface area is 121 Å². The van der Waals surface area contributed by atoms with Crippen LogP contribution in [-0.4, -0.2) is 18.0 Å². The number of fused-ring (bicyclic) bond motifs is 1. The molecule has 1 aliphatic heterocycles. The zero-order valence-electron chi connectivity index (χ0n) is 10.7. The minimum absolute atomic E-state index is 0.0667. The van der Waals surface area contributed by atoms with Gasteiger partial charge >= 0.3 is 5.97 Å². The highest BCUT2D eigenvalue weighted by molar-refractivity contribution is 6.30. The summed E-state index contributed by atoms with van der Waals surface area (Å²) in [5, 5.41) is 3.52. The summed E-state index contributed by atoms with van der Waals surface area (Å²) < 4.78 is 5.35. The van der Waals surface area contributed by atoms with E-state index in [0.29, 0.717) is 10.7 Å². The molecule has 1 aromatic carbocycles. The molecule has 0 spiro atoms. The maximum atomic E-state index is 12.5. The number of ether oxygens (including phenoxy) is 1. The molecule has 5 heteroatoms. The highest BCUT2D eigenvalue weighted by Crippen LogP contribution is 2.57. The van der Waals surface area contributed by atoms with Crippen LogP contribution in [0.15, 0.2) is 24.3 Å². The van der Waals surface area contributed by atoms with Crippen LogP contribution in [0.4, 0.5) is 5.69 Å². The van der Waals surface area contributed by atoms with Crippen LogP contribution < -0.4 is 5.32 Å². The summed E-state index contributed by atoms with van der Waals surface area (Å²) in [6, 6.07) is 7.00. The molecule has 104 valence electrons. The average molecular weight is 292 g/mol. The second-order valence-electron chi connectivity index (χ2n) is 5.92. The molecule has 0 radical (unpaired) electrons. The number of nitrogens with one attached hydrogen (secondary N) is 1. The van der Waals surface area contributed by atoms with Gasteiger partial charge in [0.15, 0.2) is 0 Å². The van der Waals surface area contributed by atoms with Gasteiger partial charge in [-0.15, -0.1) is 0 Å². The molecular formula is C15H14ClNO3. The first-order chi connectivity index (χ1) is 9.63. The number of carbonyl (C=O) groups excluding carboxylic acids is 2. The number of esters is 1. The third kappa shape index (κ3) is 1.67. The first-order valence-corrected chi connectivity index (χ1v) is 7.28. The summed E-state index contributed by atoms with van der Waals surface area (Å²) in [5.41, 5.74) is 0.713. The Hall–Kier alpha value is -1.55. The topological polar surface area (TPSA) is 55.4 Å². The second-order valence-corrected chi connectivity index (χ2v) is 6.35. The number of anilines is 1. The van der Waals surface area contributed by atoms with Crippen LogP contribution in [0, 0.1) is 23.7 Å². The van der Waals surface area contributed by atoms with Crippen molar-refractivity contribution in [1.29, 1.82) is 0 Å². The average Bonchev–Trinajstić information content (AvgIpc) is 3.02. The third-order valence-electron chi connectivity index (χ3n) is 4.90. The molecular weight excluding hydrogens is 278 g/mol. The van der Waals surface area contributed by atoms with Crippen molar-refractivity contribution in [3.05, 3.63) is 29.3 Å². The van der Waals surface area contributed by atoms with Crippen molar-refractivity contribution >= 4 is 29.2 Å². The summed E-state index contributed by atoms with van der Waals surface area (Å²) in [7, 11) is 0. The highest BCUT2D eigenvalue weighted by Gasteiger charge is 2.63. The van der Waals surface area contributed by atoms with E-state index in [1.54, 1.807) is 24.3 Å². The second kappa shape index (κ2) is 4.22. The fraction of sp³-hybridized carbons (Fsp3) is 0.467. The van der Waals surface area contributed by atoms with Crippen LogP contribution in [0.25, 0.3) is 0 Å². The lowest BCUT2D eigenvalue weighted by molar-refractivity contribution is -0.145.